The average molecular weight is 425 g/mol. The minimum Gasteiger partial charge on any atom is -0.495 e. The summed E-state index contributed by atoms with van der Waals surface area (Å²) in [7, 11) is 1.58. The fourth-order valence-electron chi connectivity index (χ4n) is 3.88. The number of methoxy groups -OCH3 is 1. The standard InChI is InChI=1S/C21H21F2N7O/c1-31-17-7-18-26-10-16(30(18)29-19(17)11-2-3-11)20-14(23)6-12(8-24)21(28-20)27-15-9-25-5-4-13(15)22/h6-7,10-11,13,15,25H,2-5,9H2,1H3,(H,27,28)/t13-,15-/m0/s1. The maximum atomic E-state index is 15.0. The summed E-state index contributed by atoms with van der Waals surface area (Å²) >= 11 is 0. The molecule has 0 bridgehead atoms. The second kappa shape index (κ2) is 7.74. The smallest absolute Gasteiger partial charge is 0.157 e. The van der Waals surface area contributed by atoms with Crippen molar-refractivity contribution in [3.63, 3.8) is 0 Å². The fraction of sp³-hybridized carbons (Fsp3) is 0.429. The molecule has 0 aromatic carbocycles. The van der Waals surface area contributed by atoms with Crippen LogP contribution in [0, 0.1) is 17.1 Å². The van der Waals surface area contributed by atoms with Crippen LogP contribution < -0.4 is 15.4 Å². The van der Waals surface area contributed by atoms with Crippen LogP contribution in [0.1, 0.15) is 36.4 Å². The van der Waals surface area contributed by atoms with Gasteiger partial charge in [0.05, 0.1) is 24.9 Å². The third kappa shape index (κ3) is 3.55. The van der Waals surface area contributed by atoms with Gasteiger partial charge >= 0.3 is 0 Å². The lowest BCUT2D eigenvalue weighted by molar-refractivity contribution is 0.241. The molecule has 3 aromatic heterocycles. The van der Waals surface area contributed by atoms with E-state index in [2.05, 4.69) is 25.7 Å². The molecule has 2 N–H and O–H groups in total. The van der Waals surface area contributed by atoms with Gasteiger partial charge in [0.15, 0.2) is 11.5 Å². The predicted molar refractivity (Wildman–Crippen MR) is 109 cm³/mol. The highest BCUT2D eigenvalue weighted by Crippen LogP contribution is 2.43. The van der Waals surface area contributed by atoms with Crippen molar-refractivity contribution < 1.29 is 13.5 Å². The minimum absolute atomic E-state index is 0.00686. The maximum absolute atomic E-state index is 15.0. The lowest BCUT2D eigenvalue weighted by Gasteiger charge is -2.28. The summed E-state index contributed by atoms with van der Waals surface area (Å²) in [5.41, 5.74) is 1.66. The maximum Gasteiger partial charge on any atom is 0.157 e. The monoisotopic (exact) mass is 425 g/mol. The molecule has 2 fully saturated rings. The number of imidazole rings is 1. The van der Waals surface area contributed by atoms with E-state index in [1.54, 1.807) is 13.2 Å². The Labute approximate surface area is 177 Å². The number of anilines is 1. The number of nitrogens with zero attached hydrogens (tertiary/aromatic N) is 5. The second-order valence-corrected chi connectivity index (χ2v) is 7.87. The Balaban J connectivity index is 1.59. The molecule has 160 valence electrons. The van der Waals surface area contributed by atoms with E-state index in [0.717, 1.165) is 24.6 Å². The van der Waals surface area contributed by atoms with Crippen LogP contribution in [0.25, 0.3) is 17.0 Å². The predicted octanol–water partition coefficient (Wildman–Crippen LogP) is 2.80. The van der Waals surface area contributed by atoms with Gasteiger partial charge in [0, 0.05) is 18.5 Å². The number of pyridine rings is 1. The summed E-state index contributed by atoms with van der Waals surface area (Å²) in [4.78, 5) is 8.69. The van der Waals surface area contributed by atoms with E-state index in [0.29, 0.717) is 42.5 Å². The molecule has 1 aliphatic carbocycles. The van der Waals surface area contributed by atoms with Gasteiger partial charge in [0.2, 0.25) is 0 Å². The van der Waals surface area contributed by atoms with Gasteiger partial charge in [-0.15, -0.1) is 0 Å². The summed E-state index contributed by atoms with van der Waals surface area (Å²) in [6.45, 7) is 0.981. The van der Waals surface area contributed by atoms with Crippen molar-refractivity contribution in [2.24, 2.45) is 0 Å². The quantitative estimate of drug-likeness (QED) is 0.648. The zero-order valence-electron chi connectivity index (χ0n) is 16.9. The second-order valence-electron chi connectivity index (χ2n) is 7.87. The Kier molecular flexibility index (Phi) is 4.90. The van der Waals surface area contributed by atoms with Crippen molar-refractivity contribution in [3.05, 3.63) is 35.4 Å². The highest BCUT2D eigenvalue weighted by molar-refractivity contribution is 5.66. The van der Waals surface area contributed by atoms with Crippen molar-refractivity contribution in [3.8, 4) is 23.2 Å². The first-order valence-corrected chi connectivity index (χ1v) is 10.2. The SMILES string of the molecule is COc1cc2ncc(-c3nc(N[C@H]4CNCC[C@@H]4F)c(C#N)cc3F)n2nc1C1CC1. The number of fused-ring (bicyclic) bond motifs is 1. The van der Waals surface area contributed by atoms with Crippen LogP contribution in [0.3, 0.4) is 0 Å². The fourth-order valence-corrected chi connectivity index (χ4v) is 3.88. The first-order valence-electron chi connectivity index (χ1n) is 10.2. The molecule has 2 aliphatic rings. The van der Waals surface area contributed by atoms with Crippen molar-refractivity contribution in [2.75, 3.05) is 25.5 Å². The first kappa shape index (κ1) is 19.6. The summed E-state index contributed by atoms with van der Waals surface area (Å²) in [5.74, 6) is 0.432. The number of hydrogen-bond acceptors (Lipinski definition) is 7. The molecule has 1 saturated carbocycles. The number of nitriles is 1. The zero-order valence-corrected chi connectivity index (χ0v) is 16.9. The molecule has 8 nitrogen and oxygen atoms in total. The number of alkyl halides is 1. The molecule has 31 heavy (non-hydrogen) atoms. The van der Waals surface area contributed by atoms with E-state index in [-0.39, 0.29) is 17.1 Å². The van der Waals surface area contributed by atoms with Crippen LogP contribution in [-0.4, -0.2) is 52.0 Å². The highest BCUT2D eigenvalue weighted by atomic mass is 19.1. The molecule has 0 amide bonds. The number of halogens is 2. The first-order chi connectivity index (χ1) is 15.1. The molecule has 0 radical (unpaired) electrons. The molecule has 10 heteroatoms. The number of rotatable bonds is 5. The molecule has 0 unspecified atom stereocenters. The molecule has 5 rings (SSSR count). The van der Waals surface area contributed by atoms with Gasteiger partial charge in [0.25, 0.3) is 0 Å². The Morgan fingerprint density at radius 2 is 2.16 bits per heavy atom. The van der Waals surface area contributed by atoms with E-state index in [9.17, 15) is 14.0 Å². The largest absolute Gasteiger partial charge is 0.495 e. The van der Waals surface area contributed by atoms with Gasteiger partial charge in [-0.05, 0) is 31.9 Å². The van der Waals surface area contributed by atoms with Crippen LogP contribution in [0.4, 0.5) is 14.6 Å². The Morgan fingerprint density at radius 1 is 1.32 bits per heavy atom. The van der Waals surface area contributed by atoms with E-state index in [1.165, 1.54) is 10.7 Å². The number of nitrogens with one attached hydrogen (secondary N) is 2. The summed E-state index contributed by atoms with van der Waals surface area (Å²) < 4.78 is 36.2. The van der Waals surface area contributed by atoms with Crippen molar-refractivity contribution >= 4 is 11.5 Å². The number of piperidine rings is 1. The Bertz CT molecular complexity index is 1180. The summed E-state index contributed by atoms with van der Waals surface area (Å²) in [6, 6.07) is 4.26. The van der Waals surface area contributed by atoms with E-state index in [1.807, 2.05) is 6.07 Å². The highest BCUT2D eigenvalue weighted by Gasteiger charge is 2.30. The molecular weight excluding hydrogens is 404 g/mol. The molecular formula is C21H21F2N7O. The van der Waals surface area contributed by atoms with Crippen LogP contribution in [-0.2, 0) is 0 Å². The molecule has 4 heterocycles. The van der Waals surface area contributed by atoms with Crippen molar-refractivity contribution in [1.82, 2.24) is 24.9 Å². The average Bonchev–Trinajstić information content (AvgIpc) is 3.55. The van der Waals surface area contributed by atoms with Gasteiger partial charge in [-0.1, -0.05) is 0 Å². The Morgan fingerprint density at radius 3 is 2.87 bits per heavy atom. The third-order valence-corrected chi connectivity index (χ3v) is 5.73. The van der Waals surface area contributed by atoms with Crippen molar-refractivity contribution in [1.29, 1.82) is 5.26 Å². The minimum atomic E-state index is -1.09. The third-order valence-electron chi connectivity index (χ3n) is 5.73. The molecule has 1 saturated heterocycles. The van der Waals surface area contributed by atoms with Crippen LogP contribution >= 0.6 is 0 Å². The lowest BCUT2D eigenvalue weighted by Crippen LogP contribution is -2.46. The van der Waals surface area contributed by atoms with E-state index in [4.69, 9.17) is 4.74 Å². The molecule has 2 atom stereocenters. The van der Waals surface area contributed by atoms with Gasteiger partial charge in [-0.3, -0.25) is 0 Å². The van der Waals surface area contributed by atoms with Crippen molar-refractivity contribution in [2.45, 2.75) is 37.4 Å². The number of aromatic nitrogens is 4. The van der Waals surface area contributed by atoms with Gasteiger partial charge in [0.1, 0.15) is 40.9 Å². The summed E-state index contributed by atoms with van der Waals surface area (Å²) in [6.07, 6.45) is 2.80. The number of hydrogen-bond donors (Lipinski definition) is 2. The lowest BCUT2D eigenvalue weighted by atomic mass is 10.1. The summed E-state index contributed by atoms with van der Waals surface area (Å²) in [5, 5.41) is 20.2. The van der Waals surface area contributed by atoms with E-state index < -0.39 is 18.0 Å². The molecule has 3 aromatic rings. The van der Waals surface area contributed by atoms with Crippen LogP contribution in [0.15, 0.2) is 18.3 Å². The van der Waals surface area contributed by atoms with E-state index >= 15 is 0 Å². The Hall–Kier alpha value is -3.32. The normalized spacial score (nSPS) is 21.1. The van der Waals surface area contributed by atoms with Gasteiger partial charge in [-0.25, -0.2) is 23.3 Å². The zero-order chi connectivity index (χ0) is 21.5. The topological polar surface area (TPSA) is 100 Å². The molecule has 0 spiro atoms. The van der Waals surface area contributed by atoms with Gasteiger partial charge in [-0.2, -0.15) is 10.4 Å². The molecule has 1 aliphatic heterocycles. The van der Waals surface area contributed by atoms with Crippen LogP contribution in [0.5, 0.6) is 5.75 Å². The number of ether oxygens (including phenoxy) is 1. The van der Waals surface area contributed by atoms with Gasteiger partial charge < -0.3 is 15.4 Å². The van der Waals surface area contributed by atoms with Crippen LogP contribution in [0.2, 0.25) is 0 Å².